The molecule has 0 saturated heterocycles. The van der Waals surface area contributed by atoms with Crippen LogP contribution >= 0.6 is 24.0 Å². The number of likely N-dealkylation sites (N-methyl/N-ethyl adjacent to an activating group) is 1. The lowest BCUT2D eigenvalue weighted by Crippen LogP contribution is -2.42. The number of hydrogen-bond donors (Lipinski definition) is 2. The smallest absolute Gasteiger partial charge is 0.241 e. The molecule has 0 aliphatic carbocycles. The molecule has 146 valence electrons. The van der Waals surface area contributed by atoms with Gasteiger partial charge in [-0.2, -0.15) is 0 Å². The molecule has 0 aromatic heterocycles. The van der Waals surface area contributed by atoms with Crippen molar-refractivity contribution >= 4 is 35.8 Å². The third kappa shape index (κ3) is 7.94. The van der Waals surface area contributed by atoms with Gasteiger partial charge in [-0.1, -0.05) is 42.5 Å². The summed E-state index contributed by atoms with van der Waals surface area (Å²) in [5.74, 6) is 0.262. The van der Waals surface area contributed by atoms with E-state index in [1.807, 2.05) is 30.3 Å². The van der Waals surface area contributed by atoms with Gasteiger partial charge in [0.15, 0.2) is 5.96 Å². The van der Waals surface area contributed by atoms with Crippen molar-refractivity contribution in [1.29, 1.82) is 0 Å². The molecular weight excluding hydrogens is 458 g/mol. The molecule has 2 aromatic rings. The van der Waals surface area contributed by atoms with Crippen molar-refractivity contribution in [3.63, 3.8) is 0 Å². The second-order valence-electron chi connectivity index (χ2n) is 6.23. The zero-order chi connectivity index (χ0) is 18.9. The molecule has 2 rings (SSSR count). The number of rotatable bonds is 6. The van der Waals surface area contributed by atoms with E-state index < -0.39 is 0 Å². The van der Waals surface area contributed by atoms with E-state index in [4.69, 9.17) is 0 Å². The monoisotopic (exact) mass is 484 g/mol. The van der Waals surface area contributed by atoms with Crippen LogP contribution in [0.1, 0.15) is 16.7 Å². The summed E-state index contributed by atoms with van der Waals surface area (Å²) >= 11 is 0. The summed E-state index contributed by atoms with van der Waals surface area (Å²) in [6, 6.07) is 14.9. The van der Waals surface area contributed by atoms with Gasteiger partial charge in [0, 0.05) is 20.6 Å². The Morgan fingerprint density at radius 3 is 2.41 bits per heavy atom. The minimum atomic E-state index is -0.227. The van der Waals surface area contributed by atoms with Crippen LogP contribution in [0.5, 0.6) is 0 Å². The molecule has 0 spiro atoms. The number of carbonyl (C=O) groups is 1. The number of aryl methyl sites for hydroxylation is 1. The third-order valence-electron chi connectivity index (χ3n) is 3.85. The zero-order valence-corrected chi connectivity index (χ0v) is 18.2. The standard InChI is InChI=1S/C20H25FN4O.HI/c1-15-11-17(9-10-18(15)21)13-23-20(24-14-19(26)25(2)3)22-12-16-7-5-4-6-8-16;/h4-11H,12-14H2,1-3H3,(H2,22,23,24);1H. The maximum Gasteiger partial charge on any atom is 0.241 e. The molecule has 0 unspecified atom stereocenters. The fourth-order valence-electron chi connectivity index (χ4n) is 2.25. The van der Waals surface area contributed by atoms with E-state index in [1.54, 1.807) is 33.2 Å². The fraction of sp³-hybridized carbons (Fsp3) is 0.300. The highest BCUT2D eigenvalue weighted by Gasteiger charge is 2.06. The Morgan fingerprint density at radius 2 is 1.78 bits per heavy atom. The number of guanidine groups is 1. The molecule has 0 bridgehead atoms. The summed E-state index contributed by atoms with van der Waals surface area (Å²) < 4.78 is 13.4. The Morgan fingerprint density at radius 1 is 1.07 bits per heavy atom. The zero-order valence-electron chi connectivity index (χ0n) is 15.8. The Hall–Kier alpha value is -2.16. The van der Waals surface area contributed by atoms with Crippen molar-refractivity contribution in [2.45, 2.75) is 20.0 Å². The lowest BCUT2D eigenvalue weighted by molar-refractivity contribution is -0.127. The van der Waals surface area contributed by atoms with Crippen molar-refractivity contribution in [2.24, 2.45) is 4.99 Å². The number of carbonyl (C=O) groups excluding carboxylic acids is 1. The Labute approximate surface area is 177 Å². The minimum absolute atomic E-state index is 0. The molecule has 0 atom stereocenters. The molecule has 5 nitrogen and oxygen atoms in total. The first kappa shape index (κ1) is 22.9. The molecule has 7 heteroatoms. The first-order chi connectivity index (χ1) is 12.5. The first-order valence-corrected chi connectivity index (χ1v) is 8.47. The van der Waals surface area contributed by atoms with Gasteiger partial charge < -0.3 is 15.5 Å². The van der Waals surface area contributed by atoms with Gasteiger partial charge in [0.05, 0.1) is 13.1 Å². The maximum absolute atomic E-state index is 13.4. The molecule has 2 aromatic carbocycles. The van der Waals surface area contributed by atoms with Crippen molar-refractivity contribution in [1.82, 2.24) is 15.5 Å². The van der Waals surface area contributed by atoms with Gasteiger partial charge in [0.25, 0.3) is 0 Å². The van der Waals surface area contributed by atoms with Crippen LogP contribution in [0, 0.1) is 12.7 Å². The highest BCUT2D eigenvalue weighted by Crippen LogP contribution is 2.10. The lowest BCUT2D eigenvalue weighted by atomic mass is 10.1. The van der Waals surface area contributed by atoms with Crippen LogP contribution < -0.4 is 10.6 Å². The predicted molar refractivity (Wildman–Crippen MR) is 118 cm³/mol. The predicted octanol–water partition coefficient (Wildman–Crippen LogP) is 3.08. The summed E-state index contributed by atoms with van der Waals surface area (Å²) in [6.07, 6.45) is 0. The first-order valence-electron chi connectivity index (χ1n) is 8.47. The number of benzene rings is 2. The quantitative estimate of drug-likeness (QED) is 0.377. The molecule has 0 fully saturated rings. The number of amides is 1. The van der Waals surface area contributed by atoms with E-state index in [9.17, 15) is 9.18 Å². The normalized spacial score (nSPS) is 10.7. The minimum Gasteiger partial charge on any atom is -0.352 e. The van der Waals surface area contributed by atoms with E-state index in [0.717, 1.165) is 11.1 Å². The molecule has 1 amide bonds. The Kier molecular flexibility index (Phi) is 9.77. The van der Waals surface area contributed by atoms with Gasteiger partial charge in [-0.05, 0) is 29.7 Å². The summed E-state index contributed by atoms with van der Waals surface area (Å²) in [4.78, 5) is 17.8. The average molecular weight is 484 g/mol. The summed E-state index contributed by atoms with van der Waals surface area (Å²) in [6.45, 7) is 2.86. The van der Waals surface area contributed by atoms with Crippen LogP contribution in [0.4, 0.5) is 4.39 Å². The molecule has 2 N–H and O–H groups in total. The lowest BCUT2D eigenvalue weighted by Gasteiger charge is -2.15. The topological polar surface area (TPSA) is 56.7 Å². The molecule has 0 aliphatic heterocycles. The van der Waals surface area contributed by atoms with Crippen molar-refractivity contribution in [3.05, 3.63) is 71.0 Å². The van der Waals surface area contributed by atoms with Gasteiger partial charge in [-0.25, -0.2) is 9.38 Å². The number of hydrogen-bond acceptors (Lipinski definition) is 2. The van der Waals surface area contributed by atoms with Crippen LogP contribution in [0.15, 0.2) is 53.5 Å². The summed E-state index contributed by atoms with van der Waals surface area (Å²) in [7, 11) is 3.42. The second-order valence-corrected chi connectivity index (χ2v) is 6.23. The molecule has 0 saturated carbocycles. The number of aliphatic imine (C=N–C) groups is 1. The van der Waals surface area contributed by atoms with E-state index in [2.05, 4.69) is 15.6 Å². The third-order valence-corrected chi connectivity index (χ3v) is 3.85. The molecule has 27 heavy (non-hydrogen) atoms. The van der Waals surface area contributed by atoms with Gasteiger partial charge >= 0.3 is 0 Å². The molecule has 0 heterocycles. The fourth-order valence-corrected chi connectivity index (χ4v) is 2.25. The van der Waals surface area contributed by atoms with E-state index in [0.29, 0.717) is 24.6 Å². The SMILES string of the molecule is Cc1cc(CN=C(NCC(=O)N(C)C)NCc2ccccc2)ccc1F.I. The van der Waals surface area contributed by atoms with Gasteiger partial charge in [0.1, 0.15) is 5.82 Å². The van der Waals surface area contributed by atoms with Crippen LogP contribution in [0.25, 0.3) is 0 Å². The number of halogens is 2. The Bertz CT molecular complexity index is 766. The van der Waals surface area contributed by atoms with Crippen LogP contribution in [0.2, 0.25) is 0 Å². The van der Waals surface area contributed by atoms with Gasteiger partial charge in [-0.3, -0.25) is 4.79 Å². The second kappa shape index (κ2) is 11.5. The Balaban J connectivity index is 0.00000364. The van der Waals surface area contributed by atoms with Crippen LogP contribution in [-0.4, -0.2) is 37.4 Å². The number of nitrogens with one attached hydrogen (secondary N) is 2. The largest absolute Gasteiger partial charge is 0.352 e. The summed E-state index contributed by atoms with van der Waals surface area (Å²) in [5.41, 5.74) is 2.61. The van der Waals surface area contributed by atoms with E-state index in [-0.39, 0.29) is 42.2 Å². The highest BCUT2D eigenvalue weighted by atomic mass is 127. The van der Waals surface area contributed by atoms with Gasteiger partial charge in [0.2, 0.25) is 5.91 Å². The summed E-state index contributed by atoms with van der Waals surface area (Å²) in [5, 5.41) is 6.26. The van der Waals surface area contributed by atoms with E-state index >= 15 is 0 Å². The van der Waals surface area contributed by atoms with Crippen molar-refractivity contribution in [3.8, 4) is 0 Å². The average Bonchev–Trinajstić information content (AvgIpc) is 2.64. The maximum atomic E-state index is 13.4. The van der Waals surface area contributed by atoms with Crippen LogP contribution in [-0.2, 0) is 17.9 Å². The van der Waals surface area contributed by atoms with E-state index in [1.165, 1.54) is 11.0 Å². The molecule has 0 radical (unpaired) electrons. The van der Waals surface area contributed by atoms with Crippen molar-refractivity contribution < 1.29 is 9.18 Å². The van der Waals surface area contributed by atoms with Gasteiger partial charge in [-0.15, -0.1) is 24.0 Å². The van der Waals surface area contributed by atoms with Crippen molar-refractivity contribution in [2.75, 3.05) is 20.6 Å². The molecule has 0 aliphatic rings. The molecular formula is C20H26FIN4O. The highest BCUT2D eigenvalue weighted by molar-refractivity contribution is 14.0. The van der Waals surface area contributed by atoms with Crippen LogP contribution in [0.3, 0.4) is 0 Å². The number of nitrogens with zero attached hydrogens (tertiary/aromatic N) is 2.